The maximum atomic E-state index is 14.8. The molecule has 1 amide bonds. The molecule has 3 aromatic rings. The van der Waals surface area contributed by atoms with E-state index in [1.54, 1.807) is 23.4 Å². The highest BCUT2D eigenvalue weighted by Gasteiger charge is 2.83. The van der Waals surface area contributed by atoms with Gasteiger partial charge in [-0.3, -0.25) is 4.79 Å². The number of carboxylic acids is 1. The molecule has 2 spiro atoms. The van der Waals surface area contributed by atoms with E-state index < -0.39 is 40.3 Å². The van der Waals surface area contributed by atoms with Crippen molar-refractivity contribution in [3.05, 3.63) is 59.7 Å². The molecule has 4 saturated carbocycles. The normalized spacial score (nSPS) is 32.1. The molecule has 10 rings (SSSR count). The van der Waals surface area contributed by atoms with E-state index >= 15 is 0 Å². The first kappa shape index (κ1) is 33.1. The summed E-state index contributed by atoms with van der Waals surface area (Å²) in [5.41, 5.74) is -2.61. The fourth-order valence-corrected chi connectivity index (χ4v) is 11.7. The molecule has 2 bridgehead atoms. The van der Waals surface area contributed by atoms with Gasteiger partial charge >= 0.3 is 12.1 Å². The molecule has 6 atom stereocenters. The lowest BCUT2D eigenvalue weighted by Gasteiger charge is -2.69. The van der Waals surface area contributed by atoms with E-state index in [0.29, 0.717) is 81.1 Å². The summed E-state index contributed by atoms with van der Waals surface area (Å²) in [6.45, 7) is 2.84. The molecule has 2 N–H and O–H groups in total. The van der Waals surface area contributed by atoms with Crippen LogP contribution in [0.5, 0.6) is 5.75 Å². The molecule has 278 valence electrons. The summed E-state index contributed by atoms with van der Waals surface area (Å²) in [4.78, 5) is 47.6. The number of rotatable bonds is 7. The van der Waals surface area contributed by atoms with Gasteiger partial charge in [0.05, 0.1) is 5.56 Å². The van der Waals surface area contributed by atoms with E-state index in [-0.39, 0.29) is 29.3 Å². The number of carbonyl (C=O) groups is 2. The topological polar surface area (TPSA) is 143 Å². The third-order valence-electron chi connectivity index (χ3n) is 14.1. The lowest BCUT2D eigenvalue weighted by molar-refractivity contribution is -0.209. The van der Waals surface area contributed by atoms with Crippen molar-refractivity contribution in [3.63, 3.8) is 0 Å². The van der Waals surface area contributed by atoms with Gasteiger partial charge in [0.1, 0.15) is 17.4 Å². The number of amides is 1. The number of aliphatic carboxylic acids is 1. The third kappa shape index (κ3) is 4.70. The van der Waals surface area contributed by atoms with Crippen molar-refractivity contribution in [2.24, 2.45) is 29.1 Å². The van der Waals surface area contributed by atoms with Crippen molar-refractivity contribution in [2.75, 3.05) is 42.6 Å². The van der Waals surface area contributed by atoms with Crippen LogP contribution in [0.1, 0.15) is 73.0 Å². The van der Waals surface area contributed by atoms with E-state index in [1.165, 1.54) is 0 Å². The molecule has 2 aromatic heterocycles. The fourth-order valence-electron chi connectivity index (χ4n) is 11.7. The molecule has 7 aliphatic rings. The van der Waals surface area contributed by atoms with E-state index in [2.05, 4.69) is 30.2 Å². The molecule has 1 aromatic carbocycles. The summed E-state index contributed by atoms with van der Waals surface area (Å²) in [7, 11) is 0. The number of hydrogen-bond donors (Lipinski definition) is 2. The minimum absolute atomic E-state index is 0.0206. The van der Waals surface area contributed by atoms with Gasteiger partial charge in [-0.1, -0.05) is 0 Å². The fraction of sp³-hybridized carbons (Fsp3) is 0.579. The average molecular weight is 732 g/mol. The first-order valence-electron chi connectivity index (χ1n) is 18.7. The van der Waals surface area contributed by atoms with Crippen LogP contribution in [0.15, 0.2) is 42.9 Å². The second-order valence-corrected chi connectivity index (χ2v) is 16.2. The number of benzene rings is 1. The van der Waals surface area contributed by atoms with Gasteiger partial charge < -0.3 is 29.7 Å². The summed E-state index contributed by atoms with van der Waals surface area (Å²) < 4.78 is 56.6. The minimum Gasteiger partial charge on any atom is -0.490 e. The standard InChI is InChI=1S/C38H40F3N7O5/c39-38(40,41)30-26(31(49)46-37(32(50)51)23-15-21-14-22-16-29(37)36(21,22)18-23)19-44-34(45-30)48-20-35(6-12-52-13-7-35)27-17-25(2-3-28(27)48)53-24-4-10-47(11-5-24)33-42-8-1-9-43-33/h1-3,8-9,17,19,21-24,29H,4-7,10-16,18,20H2,(H,46,49)(H,50,51). The summed E-state index contributed by atoms with van der Waals surface area (Å²) in [5, 5.41) is 13.2. The second kappa shape index (κ2) is 11.5. The van der Waals surface area contributed by atoms with Crippen LogP contribution in [-0.4, -0.2) is 81.4 Å². The summed E-state index contributed by atoms with van der Waals surface area (Å²) in [6, 6.07) is 7.47. The maximum Gasteiger partial charge on any atom is 0.434 e. The van der Waals surface area contributed by atoms with Gasteiger partial charge in [-0.25, -0.2) is 24.7 Å². The quantitative estimate of drug-likeness (QED) is 0.333. The number of ether oxygens (including phenoxy) is 2. The Morgan fingerprint density at radius 2 is 1.72 bits per heavy atom. The molecule has 5 heterocycles. The van der Waals surface area contributed by atoms with E-state index in [4.69, 9.17) is 9.47 Å². The van der Waals surface area contributed by atoms with E-state index in [9.17, 15) is 27.9 Å². The van der Waals surface area contributed by atoms with Crippen LogP contribution in [-0.2, 0) is 21.1 Å². The highest BCUT2D eigenvalue weighted by Crippen LogP contribution is 2.83. The number of hydrogen-bond acceptors (Lipinski definition) is 10. The van der Waals surface area contributed by atoms with Gasteiger partial charge in [0.25, 0.3) is 5.91 Å². The smallest absolute Gasteiger partial charge is 0.434 e. The molecular weight excluding hydrogens is 691 g/mol. The van der Waals surface area contributed by atoms with Gasteiger partial charge in [0.2, 0.25) is 11.9 Å². The number of aromatic nitrogens is 4. The van der Waals surface area contributed by atoms with Crippen LogP contribution in [0.3, 0.4) is 0 Å². The zero-order chi connectivity index (χ0) is 36.3. The van der Waals surface area contributed by atoms with Crippen molar-refractivity contribution in [2.45, 2.75) is 74.6 Å². The number of alkyl halides is 3. The Hall–Kier alpha value is -4.53. The Morgan fingerprint density at radius 1 is 0.981 bits per heavy atom. The van der Waals surface area contributed by atoms with Crippen molar-refractivity contribution in [1.29, 1.82) is 0 Å². The summed E-state index contributed by atoms with van der Waals surface area (Å²) in [6.07, 6.45) is 5.38. The largest absolute Gasteiger partial charge is 0.490 e. The molecule has 4 aliphatic carbocycles. The van der Waals surface area contributed by atoms with Crippen LogP contribution >= 0.6 is 0 Å². The molecule has 2 saturated heterocycles. The first-order chi connectivity index (χ1) is 25.5. The molecule has 12 nitrogen and oxygen atoms in total. The lowest BCUT2D eigenvalue weighted by Crippen LogP contribution is -2.73. The second-order valence-electron chi connectivity index (χ2n) is 16.2. The number of carboxylic acid groups (broad SMARTS) is 1. The van der Waals surface area contributed by atoms with E-state index in [0.717, 1.165) is 44.1 Å². The molecule has 6 fully saturated rings. The SMILES string of the molecule is O=C(NC1(C(=O)O)C2CC3CC4CC1C34C2)c1cnc(N2CC3(CCOCC3)c3cc(OC4CCN(c5ncccn5)CC4)ccc32)nc1C(F)(F)F. The number of nitrogens with one attached hydrogen (secondary N) is 1. The lowest BCUT2D eigenvalue weighted by atomic mass is 9.36. The molecule has 6 unspecified atom stereocenters. The predicted octanol–water partition coefficient (Wildman–Crippen LogP) is 5.15. The molecular formula is C38H40F3N7O5. The van der Waals surface area contributed by atoms with Crippen LogP contribution in [0.2, 0.25) is 0 Å². The summed E-state index contributed by atoms with van der Waals surface area (Å²) >= 11 is 0. The molecule has 3 aliphatic heterocycles. The Kier molecular flexibility index (Phi) is 7.17. The zero-order valence-electron chi connectivity index (χ0n) is 29.0. The van der Waals surface area contributed by atoms with Crippen molar-refractivity contribution < 1.29 is 37.3 Å². The first-order valence-corrected chi connectivity index (χ1v) is 18.7. The third-order valence-corrected chi connectivity index (χ3v) is 14.1. The molecule has 53 heavy (non-hydrogen) atoms. The number of piperidine rings is 1. The predicted molar refractivity (Wildman–Crippen MR) is 183 cm³/mol. The number of halogens is 3. The summed E-state index contributed by atoms with van der Waals surface area (Å²) in [5.74, 6) is -0.719. The van der Waals surface area contributed by atoms with Gasteiger partial charge in [-0.15, -0.1) is 0 Å². The van der Waals surface area contributed by atoms with Crippen LogP contribution in [0, 0.1) is 29.1 Å². The average Bonchev–Trinajstić information content (AvgIpc) is 3.76. The van der Waals surface area contributed by atoms with Gasteiger partial charge in [-0.2, -0.15) is 13.2 Å². The maximum absolute atomic E-state index is 14.8. The molecule has 0 radical (unpaired) electrons. The van der Waals surface area contributed by atoms with Crippen LogP contribution < -0.4 is 19.9 Å². The van der Waals surface area contributed by atoms with Gasteiger partial charge in [0.15, 0.2) is 5.69 Å². The monoisotopic (exact) mass is 731 g/mol. The molecule has 15 heteroatoms. The van der Waals surface area contributed by atoms with Crippen molar-refractivity contribution in [1.82, 2.24) is 25.3 Å². The van der Waals surface area contributed by atoms with Gasteiger partial charge in [0, 0.05) is 75.4 Å². The highest BCUT2D eigenvalue weighted by molar-refractivity contribution is 5.99. The van der Waals surface area contributed by atoms with E-state index in [1.807, 2.05) is 18.2 Å². The van der Waals surface area contributed by atoms with Gasteiger partial charge in [-0.05, 0) is 97.4 Å². The van der Waals surface area contributed by atoms with Crippen molar-refractivity contribution in [3.8, 4) is 5.75 Å². The highest BCUT2D eigenvalue weighted by atomic mass is 19.4. The zero-order valence-corrected chi connectivity index (χ0v) is 29.0. The van der Waals surface area contributed by atoms with Crippen LogP contribution in [0.4, 0.5) is 30.8 Å². The number of nitrogens with zero attached hydrogens (tertiary/aromatic N) is 6. The Bertz CT molecular complexity index is 1990. The van der Waals surface area contributed by atoms with Crippen molar-refractivity contribution >= 4 is 29.5 Å². The Balaban J connectivity index is 0.926. The Morgan fingerprint density at radius 3 is 2.42 bits per heavy atom. The minimum atomic E-state index is -4.99. The van der Waals surface area contributed by atoms with Crippen LogP contribution in [0.25, 0.3) is 0 Å². The number of anilines is 3. The Labute approximate surface area is 303 Å². The number of carbonyl (C=O) groups excluding carboxylic acids is 1. The number of fused-ring (bicyclic) bond motifs is 3.